The summed E-state index contributed by atoms with van der Waals surface area (Å²) < 4.78 is 56.3. The van der Waals surface area contributed by atoms with E-state index in [2.05, 4.69) is 138 Å². The van der Waals surface area contributed by atoms with Gasteiger partial charge in [0, 0.05) is 6.07 Å². The molecule has 0 N–H and O–H groups in total. The molecule has 1 aliphatic heterocycles. The number of ether oxygens (including phenoxy) is 6. The molecule has 360 valence electrons. The summed E-state index contributed by atoms with van der Waals surface area (Å²) in [5, 5.41) is -0.108. The molecule has 0 bridgehead atoms. The highest BCUT2D eigenvalue weighted by Crippen LogP contribution is 2.56. The lowest BCUT2D eigenvalue weighted by molar-refractivity contribution is -0.101. The van der Waals surface area contributed by atoms with Gasteiger partial charge in [-0.1, -0.05) is 169 Å². The van der Waals surface area contributed by atoms with E-state index in [0.29, 0.717) is 72.9 Å². The third kappa shape index (κ3) is 12.8. The quantitative estimate of drug-likeness (QED) is 0.0553. The van der Waals surface area contributed by atoms with Crippen LogP contribution in [-0.4, -0.2) is 36.0 Å². The van der Waals surface area contributed by atoms with Crippen molar-refractivity contribution in [3.05, 3.63) is 183 Å². The first kappa shape index (κ1) is 51.0. The van der Waals surface area contributed by atoms with Gasteiger partial charge in [0.15, 0.2) is 34.2 Å². The van der Waals surface area contributed by atoms with Gasteiger partial charge in [-0.25, -0.2) is 0 Å². The molecular weight excluding hydrogens is 949 g/mol. The molecule has 0 aliphatic carbocycles. The Morgan fingerprint density at radius 3 is 1.41 bits per heavy atom. The number of halogens is 1. The van der Waals surface area contributed by atoms with Gasteiger partial charge in [0.1, 0.15) is 60.4 Å². The molecule has 0 amide bonds. The zero-order valence-corrected chi connectivity index (χ0v) is 45.1. The summed E-state index contributed by atoms with van der Waals surface area (Å²) in [4.78, 5) is 0. The van der Waals surface area contributed by atoms with E-state index in [9.17, 15) is 0 Å². The summed E-state index contributed by atoms with van der Waals surface area (Å²) in [5.41, 5.74) is 5.74. The maximum atomic E-state index is 7.61. The number of rotatable bonds is 20. The third-order valence-corrected chi connectivity index (χ3v) is 23.2. The Hall–Kier alpha value is -4.89. The average Bonchev–Trinajstić information content (AvgIpc) is 3.32. The first-order valence-corrected chi connectivity index (χ1v) is 30.3. The highest BCUT2D eigenvalue weighted by Gasteiger charge is 2.50. The Balaban J connectivity index is 1.37. The molecule has 11 heteroatoms. The predicted molar refractivity (Wildman–Crippen MR) is 281 cm³/mol. The summed E-state index contributed by atoms with van der Waals surface area (Å²) >= 11 is 4.00. The molecule has 0 radical (unpaired) electrons. The Bertz CT molecular complexity index is 2530. The smallest absolute Gasteiger partial charge is 0.192 e. The van der Waals surface area contributed by atoms with E-state index in [4.69, 9.17) is 37.3 Å². The van der Waals surface area contributed by atoms with Gasteiger partial charge >= 0.3 is 0 Å². The van der Waals surface area contributed by atoms with Gasteiger partial charge in [0.05, 0.1) is 18.8 Å². The van der Waals surface area contributed by atoms with Crippen molar-refractivity contribution in [2.45, 2.75) is 123 Å². The SMILES string of the molecule is CC(C)(C)[Si](C)(C)OCCO[C@H]1c2c(OCc3ccccc3)cc(OCc3ccccc3)c(Br)c2O[C@H](c2ccc(OCc3ccccc3)c(OCc3ccccc3)c2)[C@H]1O[Si](C)(C)C(C)(C)C. The monoisotopic (exact) mass is 1020 g/mol. The molecule has 0 saturated heterocycles. The molecule has 7 rings (SSSR count). The van der Waals surface area contributed by atoms with Crippen LogP contribution in [0.2, 0.25) is 36.3 Å². The first-order valence-electron chi connectivity index (χ1n) is 23.7. The number of fused-ring (bicyclic) bond motifs is 1. The van der Waals surface area contributed by atoms with Gasteiger partial charge in [-0.15, -0.1) is 0 Å². The minimum absolute atomic E-state index is 0.0358. The standard InChI is InChI=1S/C57H69BrO8Si2/c1-56(2,3)67(7,8)64-34-33-59-54-50-48(62-39-43-27-19-13-20-28-43)36-49(63-40-44-29-21-14-22-30-44)51(58)53(50)65-52(55(54)66-68(9,10)57(4,5)6)45-31-32-46(60-37-41-23-15-11-16-24-41)47(35-45)61-38-42-25-17-12-18-26-42/h11-32,35-36,52,54-55H,33-34,37-40H2,1-10H3/t52-,54+,55-/m1/s1. The van der Waals surface area contributed by atoms with Crippen molar-refractivity contribution in [2.24, 2.45) is 0 Å². The van der Waals surface area contributed by atoms with E-state index in [1.807, 2.05) is 91.0 Å². The zero-order valence-electron chi connectivity index (χ0n) is 41.5. The second kappa shape index (κ2) is 22.2. The van der Waals surface area contributed by atoms with Gasteiger partial charge in [0.2, 0.25) is 0 Å². The molecular formula is C57H69BrO8Si2. The predicted octanol–water partition coefficient (Wildman–Crippen LogP) is 15.4. The number of benzene rings is 6. The Morgan fingerprint density at radius 1 is 0.500 bits per heavy atom. The molecule has 6 aromatic rings. The van der Waals surface area contributed by atoms with Crippen LogP contribution in [0.3, 0.4) is 0 Å². The summed E-state index contributed by atoms with van der Waals surface area (Å²) in [6.07, 6.45) is -1.96. The second-order valence-corrected chi connectivity index (χ2v) is 30.9. The van der Waals surface area contributed by atoms with Gasteiger partial charge in [-0.05, 0) is 92.1 Å². The van der Waals surface area contributed by atoms with Gasteiger partial charge < -0.3 is 37.3 Å². The maximum absolute atomic E-state index is 7.61. The molecule has 0 fully saturated rings. The summed E-state index contributed by atoms with van der Waals surface area (Å²) in [5.74, 6) is 2.94. The van der Waals surface area contributed by atoms with Crippen molar-refractivity contribution >= 4 is 32.6 Å². The zero-order chi connectivity index (χ0) is 48.5. The molecule has 1 aliphatic rings. The van der Waals surface area contributed by atoms with Crippen LogP contribution in [0.5, 0.6) is 28.7 Å². The Morgan fingerprint density at radius 2 is 0.941 bits per heavy atom. The van der Waals surface area contributed by atoms with Crippen LogP contribution in [0.15, 0.2) is 150 Å². The van der Waals surface area contributed by atoms with E-state index >= 15 is 0 Å². The fourth-order valence-electron chi connectivity index (χ4n) is 7.37. The van der Waals surface area contributed by atoms with Gasteiger partial charge in [0.25, 0.3) is 0 Å². The van der Waals surface area contributed by atoms with Crippen LogP contribution in [-0.2, 0) is 40.0 Å². The van der Waals surface area contributed by atoms with Crippen molar-refractivity contribution in [2.75, 3.05) is 13.2 Å². The van der Waals surface area contributed by atoms with Crippen molar-refractivity contribution in [3.63, 3.8) is 0 Å². The van der Waals surface area contributed by atoms with Crippen molar-refractivity contribution < 1.29 is 37.3 Å². The van der Waals surface area contributed by atoms with Crippen LogP contribution >= 0.6 is 15.9 Å². The van der Waals surface area contributed by atoms with Gasteiger partial charge in [-0.3, -0.25) is 0 Å². The summed E-state index contributed by atoms with van der Waals surface area (Å²) in [6, 6.07) is 48.6. The van der Waals surface area contributed by atoms with Crippen molar-refractivity contribution in [1.29, 1.82) is 0 Å². The van der Waals surface area contributed by atoms with E-state index in [1.165, 1.54) is 0 Å². The van der Waals surface area contributed by atoms with Crippen LogP contribution in [0.1, 0.15) is 87.1 Å². The fourth-order valence-corrected chi connectivity index (χ4v) is 10.2. The van der Waals surface area contributed by atoms with Crippen LogP contribution in [0, 0.1) is 0 Å². The minimum Gasteiger partial charge on any atom is -0.488 e. The van der Waals surface area contributed by atoms with E-state index < -0.39 is 34.9 Å². The molecule has 1 heterocycles. The first-order chi connectivity index (χ1) is 32.4. The lowest BCUT2D eigenvalue weighted by Gasteiger charge is -2.46. The maximum Gasteiger partial charge on any atom is 0.192 e. The van der Waals surface area contributed by atoms with Crippen LogP contribution in [0.4, 0.5) is 0 Å². The summed E-state index contributed by atoms with van der Waals surface area (Å²) in [6.45, 7) is 24.7. The van der Waals surface area contributed by atoms with Crippen molar-refractivity contribution in [1.82, 2.24) is 0 Å². The number of hydrogen-bond acceptors (Lipinski definition) is 8. The van der Waals surface area contributed by atoms with E-state index in [0.717, 1.165) is 33.4 Å². The molecule has 8 nitrogen and oxygen atoms in total. The molecule has 0 unspecified atom stereocenters. The molecule has 0 spiro atoms. The highest BCUT2D eigenvalue weighted by molar-refractivity contribution is 9.10. The largest absolute Gasteiger partial charge is 0.488 e. The molecule has 0 aromatic heterocycles. The molecule has 3 atom stereocenters. The fraction of sp³-hybridized carbons (Fsp3) is 0.368. The minimum atomic E-state index is -2.55. The lowest BCUT2D eigenvalue weighted by Crippen LogP contribution is -2.50. The Kier molecular flexibility index (Phi) is 16.7. The molecule has 6 aromatic carbocycles. The molecule has 68 heavy (non-hydrogen) atoms. The topological polar surface area (TPSA) is 73.8 Å². The second-order valence-electron chi connectivity index (χ2n) is 20.5. The lowest BCUT2D eigenvalue weighted by atomic mass is 9.91. The van der Waals surface area contributed by atoms with Gasteiger partial charge in [-0.2, -0.15) is 0 Å². The highest BCUT2D eigenvalue weighted by atomic mass is 79.9. The van der Waals surface area contributed by atoms with E-state index in [-0.39, 0.29) is 10.1 Å². The van der Waals surface area contributed by atoms with Crippen LogP contribution in [0.25, 0.3) is 0 Å². The van der Waals surface area contributed by atoms with E-state index in [1.54, 1.807) is 0 Å². The normalized spacial score (nSPS) is 16.4. The average molecular weight is 1020 g/mol. The Labute approximate surface area is 415 Å². The molecule has 0 saturated carbocycles. The van der Waals surface area contributed by atoms with Crippen LogP contribution < -0.4 is 23.7 Å². The number of hydrogen-bond donors (Lipinski definition) is 0. The third-order valence-electron chi connectivity index (χ3n) is 13.4. The summed E-state index contributed by atoms with van der Waals surface area (Å²) in [7, 11) is -4.65. The van der Waals surface area contributed by atoms with Crippen molar-refractivity contribution in [3.8, 4) is 28.7 Å².